The third-order valence-electron chi connectivity index (χ3n) is 3.31. The van der Waals surface area contributed by atoms with Gasteiger partial charge in [0.1, 0.15) is 0 Å². The topological polar surface area (TPSA) is 27.7 Å². The third-order valence-corrected chi connectivity index (χ3v) is 6.78. The molecule has 0 aliphatic rings. The molecule has 0 aliphatic carbocycles. The Kier molecular flexibility index (Phi) is 12.3. The van der Waals surface area contributed by atoms with E-state index in [0.29, 0.717) is 19.8 Å². The van der Waals surface area contributed by atoms with E-state index in [0.717, 1.165) is 0 Å². The van der Waals surface area contributed by atoms with E-state index in [-0.39, 0.29) is 22.6 Å². The van der Waals surface area contributed by atoms with Gasteiger partial charge in [-0.3, -0.25) is 0 Å². The van der Waals surface area contributed by atoms with Gasteiger partial charge < -0.3 is 13.3 Å². The summed E-state index contributed by atoms with van der Waals surface area (Å²) < 4.78 is 17.7. The average molecular weight is 376 g/mol. The maximum Gasteiger partial charge on any atom is 2.00 e. The van der Waals surface area contributed by atoms with Crippen LogP contribution in [0.15, 0.2) is 54.6 Å². The molecule has 2 rings (SSSR count). The van der Waals surface area contributed by atoms with Gasteiger partial charge in [0.25, 0.3) is 0 Å². The number of hydrogen-bond donors (Lipinski definition) is 0. The smallest absolute Gasteiger partial charge is 0.374 e. The Bertz CT molecular complexity index is 422. The second kappa shape index (κ2) is 12.7. The van der Waals surface area contributed by atoms with Crippen molar-refractivity contribution in [1.82, 2.24) is 0 Å². The van der Waals surface area contributed by atoms with Crippen molar-refractivity contribution in [3.05, 3.63) is 60.2 Å². The minimum atomic E-state index is -2.60. The third kappa shape index (κ3) is 7.17. The molecule has 0 radical (unpaired) electrons. The predicted octanol–water partition coefficient (Wildman–Crippen LogP) is 4.50. The van der Waals surface area contributed by atoms with Crippen molar-refractivity contribution in [3.63, 3.8) is 0 Å². The van der Waals surface area contributed by atoms with E-state index in [2.05, 4.69) is 19.1 Å². The maximum atomic E-state index is 5.89. The molecule has 2 aromatic rings. The SMILES string of the molecule is CCO[Si](OCC)(OCC)C(C)[c-]1cccc1.[Fe+2].c1cc[cH-]c1. The molecule has 0 fully saturated rings. The normalized spacial score (nSPS) is 12.0. The van der Waals surface area contributed by atoms with E-state index >= 15 is 0 Å². The van der Waals surface area contributed by atoms with Crippen molar-refractivity contribution in [2.45, 2.75) is 33.2 Å². The summed E-state index contributed by atoms with van der Waals surface area (Å²) >= 11 is 0. The minimum absolute atomic E-state index is 0. The Hall–Kier alpha value is -0.684. The van der Waals surface area contributed by atoms with Crippen LogP contribution in [-0.2, 0) is 30.3 Å². The van der Waals surface area contributed by atoms with Gasteiger partial charge >= 0.3 is 25.9 Å². The van der Waals surface area contributed by atoms with E-state index in [1.165, 1.54) is 5.56 Å². The molecule has 0 N–H and O–H groups in total. The van der Waals surface area contributed by atoms with Crippen LogP contribution in [0.5, 0.6) is 0 Å². The van der Waals surface area contributed by atoms with Crippen molar-refractivity contribution in [3.8, 4) is 0 Å². The largest absolute Gasteiger partial charge is 2.00 e. The summed E-state index contributed by atoms with van der Waals surface area (Å²) in [5.41, 5.74) is 1.41. The van der Waals surface area contributed by atoms with Crippen LogP contribution in [0.2, 0.25) is 0 Å². The fraction of sp³-hybridized carbons (Fsp3) is 0.444. The zero-order chi connectivity index (χ0) is 16.3. The molecule has 0 amide bonds. The van der Waals surface area contributed by atoms with Gasteiger partial charge in [0.15, 0.2) is 0 Å². The van der Waals surface area contributed by atoms with Crippen LogP contribution >= 0.6 is 0 Å². The molecule has 0 aromatic heterocycles. The first-order valence-corrected chi connectivity index (χ1v) is 9.80. The molecule has 5 heteroatoms. The van der Waals surface area contributed by atoms with Crippen LogP contribution in [0, 0.1) is 0 Å². The van der Waals surface area contributed by atoms with E-state index in [1.807, 2.05) is 63.2 Å². The van der Waals surface area contributed by atoms with Crippen LogP contribution in [-0.4, -0.2) is 28.6 Å². The molecule has 0 spiro atoms. The Morgan fingerprint density at radius 2 is 1.30 bits per heavy atom. The Morgan fingerprint density at radius 3 is 1.61 bits per heavy atom. The molecule has 3 nitrogen and oxygen atoms in total. The van der Waals surface area contributed by atoms with Crippen molar-refractivity contribution in [1.29, 1.82) is 0 Å². The van der Waals surface area contributed by atoms with E-state index < -0.39 is 8.80 Å². The van der Waals surface area contributed by atoms with Crippen LogP contribution in [0.1, 0.15) is 38.8 Å². The van der Waals surface area contributed by atoms with Gasteiger partial charge in [-0.05, 0) is 20.8 Å². The molecule has 130 valence electrons. The fourth-order valence-corrected chi connectivity index (χ4v) is 5.11. The molecule has 0 bridgehead atoms. The molecule has 0 saturated carbocycles. The molecule has 2 aromatic carbocycles. The van der Waals surface area contributed by atoms with Gasteiger partial charge in [0, 0.05) is 25.4 Å². The van der Waals surface area contributed by atoms with Crippen molar-refractivity contribution in [2.75, 3.05) is 19.8 Å². The van der Waals surface area contributed by atoms with Crippen molar-refractivity contribution < 1.29 is 30.3 Å². The van der Waals surface area contributed by atoms with Gasteiger partial charge in [-0.15, -0.1) is 0 Å². The molecule has 0 heterocycles. The summed E-state index contributed by atoms with van der Waals surface area (Å²) in [5.74, 6) is 0. The van der Waals surface area contributed by atoms with Gasteiger partial charge in [-0.2, -0.15) is 35.9 Å². The molecule has 0 aliphatic heterocycles. The molecule has 0 saturated heterocycles. The summed E-state index contributed by atoms with van der Waals surface area (Å²) in [5, 5.41) is 0. The zero-order valence-electron chi connectivity index (χ0n) is 14.5. The second-order valence-electron chi connectivity index (χ2n) is 4.80. The fourth-order valence-electron chi connectivity index (χ4n) is 2.31. The monoisotopic (exact) mass is 376 g/mol. The van der Waals surface area contributed by atoms with E-state index in [1.54, 1.807) is 0 Å². The molecular formula is C18H28FeO3Si. The van der Waals surface area contributed by atoms with Gasteiger partial charge in [-0.1, -0.05) is 6.92 Å². The Balaban J connectivity index is 0.000000684. The van der Waals surface area contributed by atoms with E-state index in [4.69, 9.17) is 13.3 Å². The Morgan fingerprint density at radius 1 is 0.870 bits per heavy atom. The van der Waals surface area contributed by atoms with Crippen LogP contribution in [0.25, 0.3) is 0 Å². The maximum absolute atomic E-state index is 5.89. The van der Waals surface area contributed by atoms with Crippen LogP contribution in [0.4, 0.5) is 0 Å². The van der Waals surface area contributed by atoms with E-state index in [9.17, 15) is 0 Å². The predicted molar refractivity (Wildman–Crippen MR) is 93.1 cm³/mol. The molecule has 1 unspecified atom stereocenters. The summed E-state index contributed by atoms with van der Waals surface area (Å²) in [6.45, 7) is 9.95. The van der Waals surface area contributed by atoms with Gasteiger partial charge in [-0.25, -0.2) is 24.3 Å². The second-order valence-corrected chi connectivity index (χ2v) is 7.74. The molecule has 1 atom stereocenters. The Labute approximate surface area is 152 Å². The standard InChI is InChI=1S/C13H23O3Si.C5H5.Fe/c1-5-14-17(15-6-2,16-7-3)12(4)13-10-8-9-11-13;1-2-4-5-3-1;/h8-12H,5-7H2,1-4H3;1-5H;/q2*-1;+2. The average Bonchev–Trinajstić information content (AvgIpc) is 3.23. The first-order valence-electron chi connectivity index (χ1n) is 8.00. The quantitative estimate of drug-likeness (QED) is 0.502. The summed E-state index contributed by atoms with van der Waals surface area (Å²) in [4.78, 5) is 0. The first kappa shape index (κ1) is 22.3. The summed E-state index contributed by atoms with van der Waals surface area (Å²) in [6, 6.07) is 18.3. The van der Waals surface area contributed by atoms with Crippen LogP contribution in [0.3, 0.4) is 0 Å². The summed E-state index contributed by atoms with van der Waals surface area (Å²) in [6.07, 6.45) is 0. The first-order chi connectivity index (χ1) is 10.7. The summed E-state index contributed by atoms with van der Waals surface area (Å²) in [7, 11) is -2.60. The zero-order valence-corrected chi connectivity index (χ0v) is 16.6. The minimum Gasteiger partial charge on any atom is -0.374 e. The molecule has 23 heavy (non-hydrogen) atoms. The molecular weight excluding hydrogens is 348 g/mol. The van der Waals surface area contributed by atoms with Crippen molar-refractivity contribution >= 4 is 8.80 Å². The number of rotatable bonds is 8. The van der Waals surface area contributed by atoms with Crippen LogP contribution < -0.4 is 0 Å². The van der Waals surface area contributed by atoms with Crippen molar-refractivity contribution in [2.24, 2.45) is 0 Å². The van der Waals surface area contributed by atoms with Gasteiger partial charge in [0.05, 0.1) is 0 Å². The van der Waals surface area contributed by atoms with Gasteiger partial charge in [0.2, 0.25) is 0 Å². The number of hydrogen-bond acceptors (Lipinski definition) is 3.